The van der Waals surface area contributed by atoms with Gasteiger partial charge in [0.05, 0.1) is 11.8 Å². The number of aryl methyl sites for hydroxylation is 2. The Morgan fingerprint density at radius 3 is 2.84 bits per heavy atom. The van der Waals surface area contributed by atoms with Gasteiger partial charge in [-0.15, -0.1) is 0 Å². The lowest BCUT2D eigenvalue weighted by atomic mass is 9.89. The average molecular weight is 358 g/mol. The van der Waals surface area contributed by atoms with Crippen LogP contribution in [-0.4, -0.2) is 21.6 Å². The van der Waals surface area contributed by atoms with E-state index in [4.69, 9.17) is 5.73 Å². The number of fused-ring (bicyclic) bond motifs is 1. The van der Waals surface area contributed by atoms with Gasteiger partial charge in [0.1, 0.15) is 5.82 Å². The topological polar surface area (TPSA) is 101 Å². The number of carbonyl (C=O) groups excluding carboxylic acids is 1. The molecule has 1 amide bonds. The first-order valence-corrected chi connectivity index (χ1v) is 9.40. The summed E-state index contributed by atoms with van der Waals surface area (Å²) in [5, 5.41) is 3.34. The highest BCUT2D eigenvalue weighted by Gasteiger charge is 2.14. The number of nitrogens with zero attached hydrogens (tertiary/aromatic N) is 1. The Balaban J connectivity index is 1.58. The second kappa shape index (κ2) is 7.74. The van der Waals surface area contributed by atoms with Crippen molar-refractivity contribution in [2.45, 2.75) is 43.8 Å². The number of nitrogen functional groups attached to an aromatic ring is 1. The second-order valence-corrected chi connectivity index (χ2v) is 7.25. The van der Waals surface area contributed by atoms with Crippen LogP contribution in [0.15, 0.2) is 34.2 Å². The van der Waals surface area contributed by atoms with Crippen molar-refractivity contribution in [3.05, 3.63) is 51.3 Å². The van der Waals surface area contributed by atoms with Crippen LogP contribution in [0.4, 0.5) is 5.82 Å². The van der Waals surface area contributed by atoms with Crippen LogP contribution in [0.3, 0.4) is 0 Å². The number of nitrogens with two attached hydrogens (primary N) is 1. The fraction of sp³-hybridized carbons (Fsp3) is 0.389. The number of amides is 1. The molecule has 0 bridgehead atoms. The van der Waals surface area contributed by atoms with Crippen molar-refractivity contribution < 1.29 is 4.79 Å². The van der Waals surface area contributed by atoms with E-state index in [0.717, 1.165) is 30.2 Å². The second-order valence-electron chi connectivity index (χ2n) is 6.29. The van der Waals surface area contributed by atoms with Crippen LogP contribution in [0.2, 0.25) is 0 Å². The number of benzene rings is 1. The van der Waals surface area contributed by atoms with Gasteiger partial charge in [-0.2, -0.15) is 0 Å². The Morgan fingerprint density at radius 1 is 1.32 bits per heavy atom. The maximum absolute atomic E-state index is 12.2. The number of hydrogen-bond acceptors (Lipinski definition) is 5. The van der Waals surface area contributed by atoms with E-state index in [0.29, 0.717) is 5.16 Å². The van der Waals surface area contributed by atoms with Gasteiger partial charge in [-0.1, -0.05) is 30.0 Å². The van der Waals surface area contributed by atoms with Gasteiger partial charge >= 0.3 is 0 Å². The van der Waals surface area contributed by atoms with Crippen molar-refractivity contribution in [1.82, 2.24) is 15.3 Å². The summed E-state index contributed by atoms with van der Waals surface area (Å²) in [6.07, 6.45) is 4.77. The molecule has 3 rings (SSSR count). The van der Waals surface area contributed by atoms with Gasteiger partial charge in [0, 0.05) is 6.07 Å². The lowest BCUT2D eigenvalue weighted by Gasteiger charge is -2.20. The first-order valence-electron chi connectivity index (χ1n) is 8.42. The van der Waals surface area contributed by atoms with Crippen LogP contribution in [0.25, 0.3) is 0 Å². The Hall–Kier alpha value is -2.28. The van der Waals surface area contributed by atoms with Crippen LogP contribution >= 0.6 is 11.8 Å². The van der Waals surface area contributed by atoms with Gasteiger partial charge in [0.25, 0.3) is 5.56 Å². The van der Waals surface area contributed by atoms with Gasteiger partial charge in [-0.05, 0) is 49.3 Å². The molecule has 7 heteroatoms. The predicted molar refractivity (Wildman–Crippen MR) is 99.6 cm³/mol. The lowest BCUT2D eigenvalue weighted by Crippen LogP contribution is -2.28. The molecule has 0 aliphatic heterocycles. The number of aromatic amines is 1. The van der Waals surface area contributed by atoms with Crippen LogP contribution in [0, 0.1) is 0 Å². The zero-order valence-electron chi connectivity index (χ0n) is 14.2. The zero-order valence-corrected chi connectivity index (χ0v) is 15.0. The number of nitrogens with one attached hydrogen (secondary N) is 2. The molecule has 1 atom stereocenters. The molecule has 1 aliphatic rings. The van der Waals surface area contributed by atoms with Crippen LogP contribution in [0.1, 0.15) is 42.5 Å². The Morgan fingerprint density at radius 2 is 2.08 bits per heavy atom. The monoisotopic (exact) mass is 358 g/mol. The molecule has 4 N–H and O–H groups in total. The van der Waals surface area contributed by atoms with Crippen molar-refractivity contribution in [3.63, 3.8) is 0 Å². The summed E-state index contributed by atoms with van der Waals surface area (Å²) in [6.45, 7) is 1.98. The molecular weight excluding hydrogens is 336 g/mol. The third-order valence-corrected chi connectivity index (χ3v) is 5.20. The molecule has 0 saturated carbocycles. The Labute approximate surface area is 150 Å². The van der Waals surface area contributed by atoms with Crippen molar-refractivity contribution in [1.29, 1.82) is 0 Å². The van der Waals surface area contributed by atoms with E-state index < -0.39 is 0 Å². The number of H-pyrrole nitrogens is 1. The van der Waals surface area contributed by atoms with E-state index in [1.54, 1.807) is 0 Å². The third kappa shape index (κ3) is 4.63. The van der Waals surface area contributed by atoms with E-state index in [-0.39, 0.29) is 29.1 Å². The summed E-state index contributed by atoms with van der Waals surface area (Å²) >= 11 is 1.16. The van der Waals surface area contributed by atoms with Gasteiger partial charge in [0.2, 0.25) is 5.91 Å². The summed E-state index contributed by atoms with van der Waals surface area (Å²) in [4.78, 5) is 30.1. The minimum atomic E-state index is -0.321. The minimum Gasteiger partial charge on any atom is -0.383 e. The summed E-state index contributed by atoms with van der Waals surface area (Å²) in [6, 6.07) is 7.64. The highest BCUT2D eigenvalue weighted by Crippen LogP contribution is 2.25. The molecule has 1 aromatic heterocycles. The number of rotatable bonds is 5. The molecular formula is C18H22N4O2S. The molecule has 0 fully saturated rings. The van der Waals surface area contributed by atoms with Crippen LogP contribution < -0.4 is 16.6 Å². The molecule has 1 unspecified atom stereocenters. The minimum absolute atomic E-state index is 0.0619. The zero-order chi connectivity index (χ0) is 17.8. The maximum Gasteiger partial charge on any atom is 0.253 e. The Kier molecular flexibility index (Phi) is 5.43. The number of aromatic nitrogens is 2. The van der Waals surface area contributed by atoms with Crippen molar-refractivity contribution in [2.24, 2.45) is 0 Å². The summed E-state index contributed by atoms with van der Waals surface area (Å²) in [5.74, 6) is 0.205. The van der Waals surface area contributed by atoms with E-state index >= 15 is 0 Å². The molecule has 0 saturated heterocycles. The molecule has 0 radical (unpaired) electrons. The maximum atomic E-state index is 12.2. The van der Waals surface area contributed by atoms with Crippen molar-refractivity contribution in [3.8, 4) is 0 Å². The van der Waals surface area contributed by atoms with E-state index in [1.165, 1.54) is 30.0 Å². The first-order chi connectivity index (χ1) is 12.0. The predicted octanol–water partition coefficient (Wildman–Crippen LogP) is 2.20. The van der Waals surface area contributed by atoms with Crippen molar-refractivity contribution >= 4 is 23.5 Å². The summed E-state index contributed by atoms with van der Waals surface area (Å²) in [7, 11) is 0. The van der Waals surface area contributed by atoms with Gasteiger partial charge in [0.15, 0.2) is 5.16 Å². The molecule has 6 nitrogen and oxygen atoms in total. The van der Waals surface area contributed by atoms with E-state index in [2.05, 4.69) is 33.5 Å². The highest BCUT2D eigenvalue weighted by atomic mass is 32.2. The van der Waals surface area contributed by atoms with E-state index in [1.807, 2.05) is 6.92 Å². The van der Waals surface area contributed by atoms with Crippen molar-refractivity contribution in [2.75, 3.05) is 11.5 Å². The van der Waals surface area contributed by atoms with Gasteiger partial charge in [-0.3, -0.25) is 9.59 Å². The molecule has 132 valence electrons. The van der Waals surface area contributed by atoms with Crippen LogP contribution in [0.5, 0.6) is 0 Å². The van der Waals surface area contributed by atoms with Gasteiger partial charge < -0.3 is 16.0 Å². The molecule has 1 heterocycles. The summed E-state index contributed by atoms with van der Waals surface area (Å²) in [5.41, 5.74) is 9.17. The fourth-order valence-electron chi connectivity index (χ4n) is 3.04. The largest absolute Gasteiger partial charge is 0.383 e. The molecule has 1 aromatic carbocycles. The summed E-state index contributed by atoms with van der Waals surface area (Å²) < 4.78 is 0. The number of carbonyl (C=O) groups is 1. The quantitative estimate of drug-likeness (QED) is 0.562. The smallest absolute Gasteiger partial charge is 0.253 e. The highest BCUT2D eigenvalue weighted by molar-refractivity contribution is 7.99. The lowest BCUT2D eigenvalue weighted by molar-refractivity contribution is -0.119. The fourth-order valence-corrected chi connectivity index (χ4v) is 3.74. The van der Waals surface area contributed by atoms with Gasteiger partial charge in [-0.25, -0.2) is 4.98 Å². The molecule has 1 aliphatic carbocycles. The van der Waals surface area contributed by atoms with Crippen LogP contribution in [-0.2, 0) is 17.6 Å². The normalized spacial score (nSPS) is 14.6. The first kappa shape index (κ1) is 17.5. The SMILES string of the molecule is CC(NC(=O)CSc1nc(N)cc(=O)[nH]1)c1ccc2c(c1)CCCC2. The Bertz CT molecular complexity index is 834. The number of thioether (sulfide) groups is 1. The van der Waals surface area contributed by atoms with E-state index in [9.17, 15) is 9.59 Å². The number of hydrogen-bond donors (Lipinski definition) is 3. The molecule has 25 heavy (non-hydrogen) atoms. The number of anilines is 1. The average Bonchev–Trinajstić information content (AvgIpc) is 2.58. The standard InChI is InChI=1S/C18H22N4O2S/c1-11(13-7-6-12-4-2-3-5-14(12)8-13)20-17(24)10-25-18-21-15(19)9-16(23)22-18/h6-9,11H,2-5,10H2,1H3,(H,20,24)(H3,19,21,22,23). The molecule has 0 spiro atoms. The molecule has 2 aromatic rings. The third-order valence-electron chi connectivity index (χ3n) is 4.33.